The van der Waals surface area contributed by atoms with Crippen LogP contribution in [0.3, 0.4) is 0 Å². The fraction of sp³-hybridized carbons (Fsp3) is 0.278. The van der Waals surface area contributed by atoms with Crippen LogP contribution in [-0.4, -0.2) is 35.0 Å². The fourth-order valence-corrected chi connectivity index (χ4v) is 3.42. The van der Waals surface area contributed by atoms with Crippen LogP contribution in [0.4, 0.5) is 0 Å². The molecule has 0 spiro atoms. The molecule has 0 aliphatic rings. The summed E-state index contributed by atoms with van der Waals surface area (Å²) in [4.78, 5) is 2.04. The van der Waals surface area contributed by atoms with E-state index in [1.54, 1.807) is 18.2 Å². The molecule has 0 atom stereocenters. The number of hydrazone groups is 1. The van der Waals surface area contributed by atoms with E-state index in [2.05, 4.69) is 9.93 Å². The lowest BCUT2D eigenvalue weighted by molar-refractivity contribution is 0.230. The Morgan fingerprint density at radius 1 is 1.04 bits per heavy atom. The van der Waals surface area contributed by atoms with E-state index < -0.39 is 10.0 Å². The van der Waals surface area contributed by atoms with Crippen molar-refractivity contribution in [1.82, 2.24) is 4.83 Å². The van der Waals surface area contributed by atoms with E-state index in [-0.39, 0.29) is 21.8 Å². The van der Waals surface area contributed by atoms with Gasteiger partial charge in [-0.15, -0.1) is 0 Å². The Bertz CT molecular complexity index is 929. The van der Waals surface area contributed by atoms with Gasteiger partial charge in [0.1, 0.15) is 10.6 Å². The van der Waals surface area contributed by atoms with Crippen molar-refractivity contribution in [3.05, 3.63) is 47.0 Å². The topological polar surface area (TPSA) is 86.2 Å². The molecular formula is C18H21ClN2O5S. The molecule has 2 rings (SSSR count). The number of nitrogens with zero attached hydrogens (tertiary/aromatic N) is 1. The predicted molar refractivity (Wildman–Crippen MR) is 105 cm³/mol. The summed E-state index contributed by atoms with van der Waals surface area (Å²) in [5.41, 5.74) is 0.628. The van der Waals surface area contributed by atoms with Gasteiger partial charge in [-0.1, -0.05) is 11.6 Å². The van der Waals surface area contributed by atoms with E-state index in [1.807, 2.05) is 13.8 Å². The van der Waals surface area contributed by atoms with E-state index >= 15 is 0 Å². The molecule has 27 heavy (non-hydrogen) atoms. The van der Waals surface area contributed by atoms with Gasteiger partial charge in [-0.05, 0) is 55.8 Å². The van der Waals surface area contributed by atoms with Crippen molar-refractivity contribution < 1.29 is 22.6 Å². The molecule has 0 saturated carbocycles. The van der Waals surface area contributed by atoms with Crippen LogP contribution < -0.4 is 19.0 Å². The Balaban J connectivity index is 2.20. The summed E-state index contributed by atoms with van der Waals surface area (Å²) in [7, 11) is -1.05. The molecule has 7 nitrogen and oxygen atoms in total. The Kier molecular flexibility index (Phi) is 6.92. The lowest BCUT2D eigenvalue weighted by Gasteiger charge is -2.13. The van der Waals surface area contributed by atoms with Crippen LogP contribution in [0, 0.1) is 0 Å². The number of methoxy groups -OCH3 is 2. The van der Waals surface area contributed by atoms with Crippen LogP contribution in [0.15, 0.2) is 46.4 Å². The first-order valence-corrected chi connectivity index (χ1v) is 9.86. The number of benzene rings is 2. The summed E-state index contributed by atoms with van der Waals surface area (Å²) in [6.45, 7) is 3.82. The Morgan fingerprint density at radius 2 is 1.70 bits per heavy atom. The van der Waals surface area contributed by atoms with E-state index in [9.17, 15) is 8.42 Å². The van der Waals surface area contributed by atoms with Crippen LogP contribution in [0.5, 0.6) is 17.2 Å². The van der Waals surface area contributed by atoms with Crippen molar-refractivity contribution in [2.24, 2.45) is 5.10 Å². The minimum Gasteiger partial charge on any atom is -0.495 e. The molecule has 0 heterocycles. The van der Waals surface area contributed by atoms with Gasteiger partial charge in [-0.25, -0.2) is 0 Å². The van der Waals surface area contributed by atoms with E-state index in [0.717, 1.165) is 0 Å². The highest BCUT2D eigenvalue weighted by molar-refractivity contribution is 7.89. The maximum absolute atomic E-state index is 12.4. The Hall–Kier alpha value is -2.45. The molecule has 2 aromatic rings. The van der Waals surface area contributed by atoms with Crippen molar-refractivity contribution in [2.75, 3.05) is 14.2 Å². The van der Waals surface area contributed by atoms with E-state index in [0.29, 0.717) is 17.1 Å². The van der Waals surface area contributed by atoms with Crippen molar-refractivity contribution in [3.63, 3.8) is 0 Å². The van der Waals surface area contributed by atoms with Crippen LogP contribution >= 0.6 is 11.6 Å². The van der Waals surface area contributed by atoms with Gasteiger partial charge in [-0.3, -0.25) is 0 Å². The third-order valence-corrected chi connectivity index (χ3v) is 4.83. The quantitative estimate of drug-likeness (QED) is 0.530. The van der Waals surface area contributed by atoms with Crippen molar-refractivity contribution >= 4 is 27.8 Å². The lowest BCUT2D eigenvalue weighted by atomic mass is 10.2. The molecule has 0 aliphatic heterocycles. The number of hydrogen-bond acceptors (Lipinski definition) is 6. The Labute approximate surface area is 163 Å². The molecule has 1 N–H and O–H groups in total. The van der Waals surface area contributed by atoms with Crippen LogP contribution in [0.25, 0.3) is 0 Å². The molecular weight excluding hydrogens is 392 g/mol. The lowest BCUT2D eigenvalue weighted by Crippen LogP contribution is -2.19. The first-order chi connectivity index (χ1) is 12.8. The zero-order valence-corrected chi connectivity index (χ0v) is 17.0. The molecule has 0 unspecified atom stereocenters. The average Bonchev–Trinajstić information content (AvgIpc) is 2.62. The van der Waals surface area contributed by atoms with Gasteiger partial charge in [0.05, 0.1) is 26.5 Å². The average molecular weight is 413 g/mol. The zero-order chi connectivity index (χ0) is 20.0. The summed E-state index contributed by atoms with van der Waals surface area (Å²) in [6.07, 6.45) is 1.36. The first-order valence-electron chi connectivity index (χ1n) is 8.00. The standard InChI is InChI=1S/C18H21ClN2O5S/c1-12(2)26-15-7-5-13(9-17(15)25-4)11-20-21-27(22,23)18-10-14(19)6-8-16(18)24-3/h5-12,21H,1-4H3/b20-11+. The number of rotatable bonds is 8. The highest BCUT2D eigenvalue weighted by Gasteiger charge is 2.19. The van der Waals surface area contributed by atoms with Gasteiger partial charge in [0.15, 0.2) is 11.5 Å². The maximum Gasteiger partial charge on any atom is 0.280 e. The molecule has 0 aromatic heterocycles. The molecule has 0 radical (unpaired) electrons. The van der Waals surface area contributed by atoms with Crippen LogP contribution in [0.1, 0.15) is 19.4 Å². The van der Waals surface area contributed by atoms with Crippen LogP contribution in [-0.2, 0) is 10.0 Å². The van der Waals surface area contributed by atoms with Gasteiger partial charge >= 0.3 is 0 Å². The molecule has 2 aromatic carbocycles. The normalized spacial score (nSPS) is 11.6. The molecule has 0 bridgehead atoms. The molecule has 0 fully saturated rings. The number of nitrogens with one attached hydrogen (secondary N) is 1. The van der Waals surface area contributed by atoms with Crippen molar-refractivity contribution in [1.29, 1.82) is 0 Å². The highest BCUT2D eigenvalue weighted by atomic mass is 35.5. The van der Waals surface area contributed by atoms with Crippen LogP contribution in [0.2, 0.25) is 5.02 Å². The second-order valence-corrected chi connectivity index (χ2v) is 7.79. The minimum absolute atomic E-state index is 0.00194. The molecule has 0 amide bonds. The molecule has 146 valence electrons. The number of halogens is 1. The minimum atomic E-state index is -3.95. The summed E-state index contributed by atoms with van der Waals surface area (Å²) >= 11 is 5.88. The largest absolute Gasteiger partial charge is 0.495 e. The van der Waals surface area contributed by atoms with E-state index in [1.165, 1.54) is 38.6 Å². The summed E-state index contributed by atoms with van der Waals surface area (Å²) in [5.74, 6) is 1.28. The summed E-state index contributed by atoms with van der Waals surface area (Å²) in [6, 6.07) is 9.45. The predicted octanol–water partition coefficient (Wildman–Crippen LogP) is 3.46. The zero-order valence-electron chi connectivity index (χ0n) is 15.4. The summed E-state index contributed by atoms with van der Waals surface area (Å²) < 4.78 is 40.9. The number of sulfonamides is 1. The smallest absolute Gasteiger partial charge is 0.280 e. The SMILES string of the molecule is COc1cc(/C=N/NS(=O)(=O)c2cc(Cl)ccc2OC)ccc1OC(C)C. The number of ether oxygens (including phenoxy) is 3. The van der Waals surface area contributed by atoms with Crippen molar-refractivity contribution in [3.8, 4) is 17.2 Å². The van der Waals surface area contributed by atoms with Crippen molar-refractivity contribution in [2.45, 2.75) is 24.8 Å². The highest BCUT2D eigenvalue weighted by Crippen LogP contribution is 2.29. The molecule has 0 aliphatic carbocycles. The summed E-state index contributed by atoms with van der Waals surface area (Å²) in [5, 5.41) is 4.07. The van der Waals surface area contributed by atoms with Gasteiger partial charge in [0, 0.05) is 5.02 Å². The third-order valence-electron chi connectivity index (χ3n) is 3.35. The van der Waals surface area contributed by atoms with Gasteiger partial charge in [0.25, 0.3) is 10.0 Å². The second-order valence-electron chi connectivity index (χ2n) is 5.73. The van der Waals surface area contributed by atoms with E-state index in [4.69, 9.17) is 25.8 Å². The molecule has 0 saturated heterocycles. The first kappa shape index (κ1) is 20.9. The fourth-order valence-electron chi connectivity index (χ4n) is 2.20. The second kappa shape index (κ2) is 8.96. The number of hydrogen-bond donors (Lipinski definition) is 1. The molecule has 9 heteroatoms. The Morgan fingerprint density at radius 3 is 2.33 bits per heavy atom. The van der Waals surface area contributed by atoms with Gasteiger partial charge in [-0.2, -0.15) is 18.4 Å². The van der Waals surface area contributed by atoms with Gasteiger partial charge < -0.3 is 14.2 Å². The van der Waals surface area contributed by atoms with Gasteiger partial charge in [0.2, 0.25) is 0 Å². The third kappa shape index (κ3) is 5.51. The monoisotopic (exact) mass is 412 g/mol. The maximum atomic E-state index is 12.4.